The van der Waals surface area contributed by atoms with E-state index < -0.39 is 28.3 Å². The smallest absolute Gasteiger partial charge is 0.295 e. The van der Waals surface area contributed by atoms with Crippen molar-refractivity contribution in [3.8, 4) is 0 Å². The number of carbonyl (C=O) groups excluding carboxylic acids is 1. The highest BCUT2D eigenvalue weighted by atomic mass is 19.2. The zero-order chi connectivity index (χ0) is 23.5. The molecule has 0 saturated carbocycles. The molecule has 0 unspecified atom stereocenters. The third-order valence-corrected chi connectivity index (χ3v) is 5.89. The van der Waals surface area contributed by atoms with Crippen molar-refractivity contribution >= 4 is 23.0 Å². The van der Waals surface area contributed by atoms with E-state index >= 15 is 0 Å². The van der Waals surface area contributed by atoms with Crippen LogP contribution in [0.25, 0.3) is 0 Å². The van der Waals surface area contributed by atoms with E-state index in [0.717, 1.165) is 25.0 Å². The van der Waals surface area contributed by atoms with Gasteiger partial charge in [0.2, 0.25) is 0 Å². The number of rotatable bonds is 6. The molecule has 8 nitrogen and oxygen atoms in total. The van der Waals surface area contributed by atoms with Crippen LogP contribution in [-0.4, -0.2) is 61.2 Å². The molecule has 0 aliphatic carbocycles. The van der Waals surface area contributed by atoms with E-state index in [2.05, 4.69) is 5.32 Å². The highest BCUT2D eigenvalue weighted by Crippen LogP contribution is 2.34. The van der Waals surface area contributed by atoms with E-state index in [-0.39, 0.29) is 54.9 Å². The van der Waals surface area contributed by atoms with Gasteiger partial charge in [0, 0.05) is 39.3 Å². The number of hydrogen-bond donors (Lipinski definition) is 1. The van der Waals surface area contributed by atoms with Gasteiger partial charge in [0.15, 0.2) is 17.5 Å². The van der Waals surface area contributed by atoms with Crippen molar-refractivity contribution in [2.45, 2.75) is 18.9 Å². The number of anilines is 2. The van der Waals surface area contributed by atoms with Crippen LogP contribution in [-0.2, 0) is 4.74 Å². The van der Waals surface area contributed by atoms with Crippen LogP contribution in [0.4, 0.5) is 30.2 Å². The standard InChI is InChI=1S/C22H23F3N4O4/c23-16-5-1-4-15(21(16)25)22(30)28-8-6-27(7-9-28)19-12-18(17(24)11-20(19)29(31)32)26-13-14-3-2-10-33-14/h1,4-5,11-12,14,26H,2-3,6-10,13H2/t14-/m0/s1. The third-order valence-electron chi connectivity index (χ3n) is 5.89. The van der Waals surface area contributed by atoms with E-state index in [1.807, 2.05) is 0 Å². The summed E-state index contributed by atoms with van der Waals surface area (Å²) in [6, 6.07) is 5.68. The summed E-state index contributed by atoms with van der Waals surface area (Å²) in [4.78, 5) is 26.6. The highest BCUT2D eigenvalue weighted by Gasteiger charge is 2.29. The Kier molecular flexibility index (Phi) is 6.68. The lowest BCUT2D eigenvalue weighted by Crippen LogP contribution is -2.49. The predicted octanol–water partition coefficient (Wildman–Crippen LogP) is 3.57. The largest absolute Gasteiger partial charge is 0.380 e. The minimum Gasteiger partial charge on any atom is -0.380 e. The molecular weight excluding hydrogens is 441 g/mol. The van der Waals surface area contributed by atoms with Gasteiger partial charge in [-0.25, -0.2) is 13.2 Å². The summed E-state index contributed by atoms with van der Waals surface area (Å²) in [5.74, 6) is -3.71. The molecule has 1 amide bonds. The maximum atomic E-state index is 14.5. The van der Waals surface area contributed by atoms with Crippen molar-refractivity contribution in [2.24, 2.45) is 0 Å². The minimum absolute atomic E-state index is 0.0409. The van der Waals surface area contributed by atoms with Crippen molar-refractivity contribution in [1.29, 1.82) is 0 Å². The van der Waals surface area contributed by atoms with E-state index in [4.69, 9.17) is 4.74 Å². The molecule has 1 N–H and O–H groups in total. The molecule has 0 radical (unpaired) electrons. The van der Waals surface area contributed by atoms with Gasteiger partial charge in [0.05, 0.1) is 28.3 Å². The summed E-state index contributed by atoms with van der Waals surface area (Å²) in [7, 11) is 0. The van der Waals surface area contributed by atoms with E-state index in [0.29, 0.717) is 13.2 Å². The van der Waals surface area contributed by atoms with Crippen LogP contribution in [0, 0.1) is 27.6 Å². The molecule has 33 heavy (non-hydrogen) atoms. The number of nitrogens with one attached hydrogen (secondary N) is 1. The van der Waals surface area contributed by atoms with Gasteiger partial charge >= 0.3 is 0 Å². The lowest BCUT2D eigenvalue weighted by Gasteiger charge is -2.36. The number of ether oxygens (including phenoxy) is 1. The molecule has 4 rings (SSSR count). The fourth-order valence-corrected chi connectivity index (χ4v) is 4.11. The summed E-state index contributed by atoms with van der Waals surface area (Å²) < 4.78 is 47.5. The first kappa shape index (κ1) is 22.8. The molecule has 11 heteroatoms. The number of nitrogens with zero attached hydrogens (tertiary/aromatic N) is 3. The number of halogens is 3. The van der Waals surface area contributed by atoms with Crippen LogP contribution >= 0.6 is 0 Å². The zero-order valence-electron chi connectivity index (χ0n) is 17.7. The lowest BCUT2D eigenvalue weighted by molar-refractivity contribution is -0.384. The Balaban J connectivity index is 1.49. The molecular formula is C22H23F3N4O4. The molecule has 2 aromatic rings. The molecule has 0 spiro atoms. The molecule has 2 aromatic carbocycles. The summed E-state index contributed by atoms with van der Waals surface area (Å²) >= 11 is 0. The van der Waals surface area contributed by atoms with Crippen molar-refractivity contribution < 1.29 is 27.6 Å². The topological polar surface area (TPSA) is 88.0 Å². The molecule has 2 aliphatic heterocycles. The maximum absolute atomic E-state index is 14.5. The van der Waals surface area contributed by atoms with Crippen LogP contribution in [0.15, 0.2) is 30.3 Å². The van der Waals surface area contributed by atoms with E-state index in [9.17, 15) is 28.1 Å². The molecule has 2 saturated heterocycles. The Bertz CT molecular complexity index is 1050. The number of amides is 1. The van der Waals surface area contributed by atoms with Crippen molar-refractivity contribution in [2.75, 3.05) is 49.5 Å². The van der Waals surface area contributed by atoms with Gasteiger partial charge in [-0.2, -0.15) is 0 Å². The maximum Gasteiger partial charge on any atom is 0.295 e. The van der Waals surface area contributed by atoms with Gasteiger partial charge < -0.3 is 19.9 Å². The zero-order valence-corrected chi connectivity index (χ0v) is 17.7. The summed E-state index contributed by atoms with van der Waals surface area (Å²) in [6.07, 6.45) is 1.75. The lowest BCUT2D eigenvalue weighted by atomic mass is 10.1. The average molecular weight is 464 g/mol. The number of nitro groups is 1. The average Bonchev–Trinajstić information content (AvgIpc) is 3.33. The van der Waals surface area contributed by atoms with Gasteiger partial charge in [-0.3, -0.25) is 14.9 Å². The Morgan fingerprint density at radius 3 is 2.58 bits per heavy atom. The Morgan fingerprint density at radius 1 is 1.15 bits per heavy atom. The van der Waals surface area contributed by atoms with Gasteiger partial charge in [0.1, 0.15) is 5.69 Å². The predicted molar refractivity (Wildman–Crippen MR) is 115 cm³/mol. The molecule has 2 aliphatic rings. The number of benzene rings is 2. The second-order valence-corrected chi connectivity index (χ2v) is 7.97. The summed E-state index contributed by atoms with van der Waals surface area (Å²) in [5.41, 5.74) is -0.394. The van der Waals surface area contributed by atoms with Gasteiger partial charge in [-0.1, -0.05) is 6.07 Å². The Labute approximate surface area is 188 Å². The van der Waals surface area contributed by atoms with Crippen molar-refractivity contribution in [3.63, 3.8) is 0 Å². The molecule has 2 heterocycles. The first-order chi connectivity index (χ1) is 15.8. The second-order valence-electron chi connectivity index (χ2n) is 7.97. The van der Waals surface area contributed by atoms with E-state index in [1.54, 1.807) is 4.90 Å². The fraction of sp³-hybridized carbons (Fsp3) is 0.409. The van der Waals surface area contributed by atoms with Crippen LogP contribution in [0.5, 0.6) is 0 Å². The molecule has 2 fully saturated rings. The van der Waals surface area contributed by atoms with Gasteiger partial charge in [-0.15, -0.1) is 0 Å². The Hall–Kier alpha value is -3.34. The minimum atomic E-state index is -1.21. The first-order valence-corrected chi connectivity index (χ1v) is 10.7. The van der Waals surface area contributed by atoms with Crippen LogP contribution in [0.1, 0.15) is 23.2 Å². The molecule has 176 valence electrons. The highest BCUT2D eigenvalue weighted by molar-refractivity contribution is 5.94. The first-order valence-electron chi connectivity index (χ1n) is 10.7. The summed E-state index contributed by atoms with van der Waals surface area (Å²) in [6.45, 7) is 1.74. The molecule has 0 bridgehead atoms. The quantitative estimate of drug-likeness (QED) is 0.520. The summed E-state index contributed by atoms with van der Waals surface area (Å²) in [5, 5.41) is 14.5. The van der Waals surface area contributed by atoms with Crippen molar-refractivity contribution in [1.82, 2.24) is 4.90 Å². The second kappa shape index (κ2) is 9.65. The van der Waals surface area contributed by atoms with Crippen LogP contribution in [0.2, 0.25) is 0 Å². The van der Waals surface area contributed by atoms with Crippen LogP contribution < -0.4 is 10.2 Å². The molecule has 1 atom stereocenters. The molecule has 0 aromatic heterocycles. The Morgan fingerprint density at radius 2 is 1.91 bits per heavy atom. The van der Waals surface area contributed by atoms with Crippen molar-refractivity contribution in [3.05, 3.63) is 63.5 Å². The number of hydrogen-bond acceptors (Lipinski definition) is 6. The third kappa shape index (κ3) is 4.87. The fourth-order valence-electron chi connectivity index (χ4n) is 4.11. The SMILES string of the molecule is O=C(c1cccc(F)c1F)N1CCN(c2cc(NC[C@@H]3CCCO3)c(F)cc2[N+](=O)[O-])CC1. The van der Waals surface area contributed by atoms with Crippen LogP contribution in [0.3, 0.4) is 0 Å². The number of carbonyl (C=O) groups is 1. The van der Waals surface area contributed by atoms with E-state index in [1.165, 1.54) is 23.1 Å². The number of nitro benzene ring substituents is 1. The normalized spacial score (nSPS) is 18.5. The monoisotopic (exact) mass is 464 g/mol. The van der Waals surface area contributed by atoms with Gasteiger partial charge in [-0.05, 0) is 31.0 Å². The van der Waals surface area contributed by atoms with Gasteiger partial charge in [0.25, 0.3) is 11.6 Å². The number of piperazine rings is 1.